The summed E-state index contributed by atoms with van der Waals surface area (Å²) in [4.78, 5) is 10.8. The molecule has 124 valence electrons. The zero-order chi connectivity index (χ0) is 17.2. The van der Waals surface area contributed by atoms with Gasteiger partial charge in [0, 0.05) is 36.8 Å². The molecule has 5 heteroatoms. The summed E-state index contributed by atoms with van der Waals surface area (Å²) in [6.07, 6.45) is 3.84. The van der Waals surface area contributed by atoms with Gasteiger partial charge in [0.2, 0.25) is 0 Å². The molecular formula is C20H18N4O. The van der Waals surface area contributed by atoms with Gasteiger partial charge >= 0.3 is 0 Å². The highest BCUT2D eigenvalue weighted by Gasteiger charge is 2.33. The van der Waals surface area contributed by atoms with Crippen molar-refractivity contribution in [3.8, 4) is 6.07 Å². The summed E-state index contributed by atoms with van der Waals surface area (Å²) in [5, 5.41) is 21.0. The first-order chi connectivity index (χ1) is 12.3. The molecule has 1 saturated heterocycles. The maximum absolute atomic E-state index is 10.5. The van der Waals surface area contributed by atoms with Gasteiger partial charge in [-0.15, -0.1) is 0 Å². The van der Waals surface area contributed by atoms with E-state index in [-0.39, 0.29) is 5.92 Å². The summed E-state index contributed by atoms with van der Waals surface area (Å²) >= 11 is 0. The smallest absolute Gasteiger partial charge is 0.146 e. The number of para-hydroxylation sites is 1. The molecule has 0 saturated carbocycles. The summed E-state index contributed by atoms with van der Waals surface area (Å²) < 4.78 is 0. The molecule has 5 nitrogen and oxygen atoms in total. The van der Waals surface area contributed by atoms with Crippen molar-refractivity contribution in [3.63, 3.8) is 0 Å². The Hall–Kier alpha value is -2.97. The molecule has 0 bridgehead atoms. The molecule has 0 spiro atoms. The Balaban J connectivity index is 1.59. The Morgan fingerprint density at radius 3 is 2.84 bits per heavy atom. The number of hydrogen-bond donors (Lipinski definition) is 1. The van der Waals surface area contributed by atoms with E-state index in [9.17, 15) is 10.4 Å². The van der Waals surface area contributed by atoms with E-state index < -0.39 is 6.10 Å². The summed E-state index contributed by atoms with van der Waals surface area (Å²) in [6, 6.07) is 15.8. The zero-order valence-electron chi connectivity index (χ0n) is 13.7. The second-order valence-electron chi connectivity index (χ2n) is 6.41. The maximum Gasteiger partial charge on any atom is 0.146 e. The summed E-state index contributed by atoms with van der Waals surface area (Å²) in [5.74, 6) is 0.755. The lowest BCUT2D eigenvalue weighted by Gasteiger charge is -2.18. The average molecular weight is 330 g/mol. The molecule has 2 aromatic heterocycles. The van der Waals surface area contributed by atoms with Gasteiger partial charge in [0.05, 0.1) is 17.2 Å². The van der Waals surface area contributed by atoms with Gasteiger partial charge in [-0.25, -0.2) is 4.98 Å². The van der Waals surface area contributed by atoms with Crippen LogP contribution < -0.4 is 4.90 Å². The third kappa shape index (κ3) is 2.92. The molecule has 3 heterocycles. The van der Waals surface area contributed by atoms with Gasteiger partial charge < -0.3 is 10.0 Å². The number of pyridine rings is 2. The first-order valence-corrected chi connectivity index (χ1v) is 8.37. The van der Waals surface area contributed by atoms with Crippen LogP contribution in [-0.2, 0) is 6.42 Å². The number of aromatic nitrogens is 2. The lowest BCUT2D eigenvalue weighted by Crippen LogP contribution is -2.23. The second-order valence-corrected chi connectivity index (χ2v) is 6.41. The van der Waals surface area contributed by atoms with Crippen molar-refractivity contribution < 1.29 is 5.11 Å². The van der Waals surface area contributed by atoms with E-state index in [0.717, 1.165) is 17.3 Å². The fraction of sp³-hybridized carbons (Fsp3) is 0.250. The van der Waals surface area contributed by atoms with Crippen LogP contribution >= 0.6 is 0 Å². The van der Waals surface area contributed by atoms with Crippen molar-refractivity contribution in [3.05, 3.63) is 66.0 Å². The molecule has 25 heavy (non-hydrogen) atoms. The van der Waals surface area contributed by atoms with Gasteiger partial charge in [0.1, 0.15) is 11.9 Å². The van der Waals surface area contributed by atoms with Gasteiger partial charge in [0.15, 0.2) is 0 Å². The van der Waals surface area contributed by atoms with Crippen molar-refractivity contribution in [2.45, 2.75) is 12.5 Å². The number of benzene rings is 1. The highest BCUT2D eigenvalue weighted by molar-refractivity contribution is 5.81. The van der Waals surface area contributed by atoms with Gasteiger partial charge in [-0.2, -0.15) is 5.26 Å². The number of rotatable bonds is 3. The van der Waals surface area contributed by atoms with Crippen LogP contribution in [0.1, 0.15) is 11.1 Å². The predicted octanol–water partition coefficient (Wildman–Crippen LogP) is 2.54. The lowest BCUT2D eigenvalue weighted by atomic mass is 9.94. The summed E-state index contributed by atoms with van der Waals surface area (Å²) in [7, 11) is 0. The van der Waals surface area contributed by atoms with Gasteiger partial charge in [-0.1, -0.05) is 18.2 Å². The Kier molecular flexibility index (Phi) is 4.04. The number of hydrogen-bond acceptors (Lipinski definition) is 5. The van der Waals surface area contributed by atoms with E-state index in [1.807, 2.05) is 35.4 Å². The van der Waals surface area contributed by atoms with Crippen LogP contribution in [0.5, 0.6) is 0 Å². The Bertz CT molecular complexity index is 944. The largest absolute Gasteiger partial charge is 0.391 e. The van der Waals surface area contributed by atoms with E-state index in [4.69, 9.17) is 0 Å². The number of β-amino-alcohol motifs (C(OH)–C–C–N with tert-alkyl or cyclic N) is 1. The SMILES string of the molecule is N#Cc1cccnc1N1C[C@@H](Cc2ccnc3ccccc23)[C@@H](O)C1. The van der Waals surface area contributed by atoms with Crippen LogP contribution in [0.25, 0.3) is 10.9 Å². The van der Waals surface area contributed by atoms with E-state index >= 15 is 0 Å². The van der Waals surface area contributed by atoms with Crippen molar-refractivity contribution in [1.29, 1.82) is 5.26 Å². The minimum atomic E-state index is -0.444. The lowest BCUT2D eigenvalue weighted by molar-refractivity contribution is 0.148. The normalized spacial score (nSPS) is 19.9. The fourth-order valence-electron chi connectivity index (χ4n) is 3.58. The first-order valence-electron chi connectivity index (χ1n) is 8.37. The van der Waals surface area contributed by atoms with E-state index in [0.29, 0.717) is 24.5 Å². The molecule has 4 rings (SSSR count). The van der Waals surface area contributed by atoms with Gasteiger partial charge in [0.25, 0.3) is 0 Å². The fourth-order valence-corrected chi connectivity index (χ4v) is 3.58. The van der Waals surface area contributed by atoms with Crippen LogP contribution in [0.3, 0.4) is 0 Å². The van der Waals surface area contributed by atoms with Crippen LogP contribution in [0.2, 0.25) is 0 Å². The van der Waals surface area contributed by atoms with Gasteiger partial charge in [-0.3, -0.25) is 4.98 Å². The van der Waals surface area contributed by atoms with Crippen molar-refractivity contribution in [2.75, 3.05) is 18.0 Å². The first kappa shape index (κ1) is 15.6. The average Bonchev–Trinajstić information content (AvgIpc) is 3.02. The summed E-state index contributed by atoms with van der Waals surface area (Å²) in [6.45, 7) is 1.18. The molecule has 1 aliphatic heterocycles. The molecule has 1 aromatic carbocycles. The molecule has 1 N–H and O–H groups in total. The number of anilines is 1. The van der Waals surface area contributed by atoms with Crippen LogP contribution in [-0.4, -0.2) is 34.3 Å². The number of fused-ring (bicyclic) bond motifs is 1. The third-order valence-corrected chi connectivity index (χ3v) is 4.83. The molecular weight excluding hydrogens is 312 g/mol. The highest BCUT2D eigenvalue weighted by Crippen LogP contribution is 2.29. The Labute approximate surface area is 146 Å². The van der Waals surface area contributed by atoms with Crippen molar-refractivity contribution in [2.24, 2.45) is 5.92 Å². The number of aliphatic hydroxyl groups excluding tert-OH is 1. The van der Waals surface area contributed by atoms with Crippen molar-refractivity contribution in [1.82, 2.24) is 9.97 Å². The molecule has 3 aromatic rings. The maximum atomic E-state index is 10.5. The second kappa shape index (κ2) is 6.50. The van der Waals surface area contributed by atoms with E-state index in [2.05, 4.69) is 22.1 Å². The van der Waals surface area contributed by atoms with Crippen molar-refractivity contribution >= 4 is 16.7 Å². The highest BCUT2D eigenvalue weighted by atomic mass is 16.3. The van der Waals surface area contributed by atoms with E-state index in [1.54, 1.807) is 18.3 Å². The zero-order valence-corrected chi connectivity index (χ0v) is 13.7. The molecule has 2 atom stereocenters. The van der Waals surface area contributed by atoms with Crippen LogP contribution in [0.15, 0.2) is 54.9 Å². The minimum Gasteiger partial charge on any atom is -0.391 e. The Morgan fingerprint density at radius 1 is 1.08 bits per heavy atom. The monoisotopic (exact) mass is 330 g/mol. The molecule has 0 unspecified atom stereocenters. The molecule has 1 aliphatic rings. The standard InChI is InChI=1S/C20H18N4O/c21-11-15-4-3-8-23-20(15)24-12-16(19(25)13-24)10-14-7-9-22-18-6-2-1-5-17(14)18/h1-9,16,19,25H,10,12-13H2/t16-,19+/m1/s1. The number of nitrogens with zero attached hydrogens (tertiary/aromatic N) is 4. The minimum absolute atomic E-state index is 0.0966. The summed E-state index contributed by atoms with van der Waals surface area (Å²) in [5.41, 5.74) is 2.71. The quantitative estimate of drug-likeness (QED) is 0.799. The topological polar surface area (TPSA) is 73.0 Å². The predicted molar refractivity (Wildman–Crippen MR) is 96.1 cm³/mol. The van der Waals surface area contributed by atoms with Crippen LogP contribution in [0.4, 0.5) is 5.82 Å². The van der Waals surface area contributed by atoms with Gasteiger partial charge in [-0.05, 0) is 36.2 Å². The third-order valence-electron chi connectivity index (χ3n) is 4.83. The number of aliphatic hydroxyl groups is 1. The van der Waals surface area contributed by atoms with Crippen LogP contribution in [0, 0.1) is 17.2 Å². The molecule has 1 fully saturated rings. The Morgan fingerprint density at radius 2 is 1.96 bits per heavy atom. The number of nitriles is 1. The molecule has 0 radical (unpaired) electrons. The molecule has 0 amide bonds. The molecule has 0 aliphatic carbocycles. The van der Waals surface area contributed by atoms with E-state index in [1.165, 1.54) is 5.56 Å².